The van der Waals surface area contributed by atoms with Gasteiger partial charge >= 0.3 is 0 Å². The molecular formula is C30H51NO4S. The highest BCUT2D eigenvalue weighted by atomic mass is 32.2. The van der Waals surface area contributed by atoms with Crippen LogP contribution in [0.2, 0.25) is 0 Å². The number of ketones is 1. The van der Waals surface area contributed by atoms with Gasteiger partial charge in [-0.05, 0) is 98.9 Å². The van der Waals surface area contributed by atoms with Crippen LogP contribution in [-0.4, -0.2) is 37.7 Å². The normalized spacial score (nSPS) is 40.4. The predicted octanol–water partition coefficient (Wildman–Crippen LogP) is 6.17. The van der Waals surface area contributed by atoms with Gasteiger partial charge in [0.2, 0.25) is 10.0 Å². The molecule has 6 heteroatoms. The number of rotatable bonds is 11. The maximum absolute atomic E-state index is 12.4. The number of allylic oxidation sites excluding steroid dienone is 1. The molecule has 0 spiro atoms. The summed E-state index contributed by atoms with van der Waals surface area (Å²) in [5.41, 5.74) is 1.10. The molecule has 5 nitrogen and oxygen atoms in total. The minimum atomic E-state index is -3.07. The number of aliphatic hydroxyl groups is 1. The van der Waals surface area contributed by atoms with Crippen molar-refractivity contribution >= 4 is 15.8 Å². The Balaban J connectivity index is 1.34. The number of nitrogens with one attached hydrogen (secondary N) is 1. The van der Waals surface area contributed by atoms with E-state index in [9.17, 15) is 18.3 Å². The van der Waals surface area contributed by atoms with E-state index < -0.39 is 15.6 Å². The molecule has 206 valence electrons. The van der Waals surface area contributed by atoms with E-state index in [4.69, 9.17) is 0 Å². The lowest BCUT2D eigenvalue weighted by Gasteiger charge is -2.61. The van der Waals surface area contributed by atoms with Crippen LogP contribution in [0, 0.1) is 34.5 Å². The van der Waals surface area contributed by atoms with Gasteiger partial charge in [0.05, 0.1) is 11.9 Å². The number of fused-ring (bicyclic) bond motifs is 5. The molecule has 2 N–H and O–H groups in total. The Bertz CT molecular complexity index is 941. The van der Waals surface area contributed by atoms with E-state index in [1.807, 2.05) is 6.08 Å². The van der Waals surface area contributed by atoms with Crippen molar-refractivity contribution in [2.45, 2.75) is 123 Å². The summed E-state index contributed by atoms with van der Waals surface area (Å²) in [4.78, 5) is 12.4. The van der Waals surface area contributed by atoms with Crippen molar-refractivity contribution in [1.82, 2.24) is 4.72 Å². The molecule has 4 aliphatic carbocycles. The highest BCUT2D eigenvalue weighted by Gasteiger charge is 2.64. The third-order valence-corrected chi connectivity index (χ3v) is 12.0. The van der Waals surface area contributed by atoms with E-state index in [-0.39, 0.29) is 10.8 Å². The summed E-state index contributed by atoms with van der Waals surface area (Å²) in [6, 6.07) is 0. The zero-order valence-electron chi connectivity index (χ0n) is 23.3. The number of hydrogen-bond acceptors (Lipinski definition) is 4. The monoisotopic (exact) mass is 521 g/mol. The standard InChI is InChI=1S/C30H51NO4S/c1-28-16-13-24(32)21-23(28)20-22(12-10-8-6-5-7-9-11-19-31-36(4,34)35)27-25(28)14-17-29(2)26(27)15-18-30(29,3)33/h21-22,25-27,31,33H,5-20H2,1-4H3/t22?,25?,26?,27?,28-,29-,30-/m0/s1. The summed E-state index contributed by atoms with van der Waals surface area (Å²) in [7, 11) is -3.07. The first kappa shape index (κ1) is 28.3. The lowest BCUT2D eigenvalue weighted by molar-refractivity contribution is -0.135. The van der Waals surface area contributed by atoms with Crippen LogP contribution < -0.4 is 4.72 Å². The topological polar surface area (TPSA) is 83.5 Å². The molecule has 0 aromatic carbocycles. The number of hydrogen-bond donors (Lipinski definition) is 2. The molecule has 0 bridgehead atoms. The molecule has 0 radical (unpaired) electrons. The van der Waals surface area contributed by atoms with Crippen molar-refractivity contribution < 1.29 is 18.3 Å². The molecular weight excluding hydrogens is 470 g/mol. The summed E-state index contributed by atoms with van der Waals surface area (Å²) >= 11 is 0. The van der Waals surface area contributed by atoms with Crippen molar-refractivity contribution in [3.63, 3.8) is 0 Å². The Morgan fingerprint density at radius 1 is 0.944 bits per heavy atom. The second-order valence-electron chi connectivity index (χ2n) is 13.5. The highest BCUT2D eigenvalue weighted by Crippen LogP contribution is 2.69. The Morgan fingerprint density at radius 3 is 2.28 bits per heavy atom. The lowest BCUT2D eigenvalue weighted by Crippen LogP contribution is -2.56. The summed E-state index contributed by atoms with van der Waals surface area (Å²) in [5.74, 6) is 2.91. The van der Waals surface area contributed by atoms with E-state index in [0.717, 1.165) is 44.9 Å². The molecule has 4 aliphatic rings. The molecule has 0 aromatic heterocycles. The van der Waals surface area contributed by atoms with Crippen LogP contribution in [0.15, 0.2) is 11.6 Å². The second kappa shape index (κ2) is 10.8. The van der Waals surface area contributed by atoms with Crippen LogP contribution in [-0.2, 0) is 14.8 Å². The first-order valence-electron chi connectivity index (χ1n) is 14.8. The summed E-state index contributed by atoms with van der Waals surface area (Å²) in [6.07, 6.45) is 19.8. The van der Waals surface area contributed by atoms with E-state index in [1.165, 1.54) is 56.8 Å². The number of carbonyl (C=O) groups excluding carboxylic acids is 1. The molecule has 3 saturated carbocycles. The van der Waals surface area contributed by atoms with Gasteiger partial charge in [-0.25, -0.2) is 13.1 Å². The van der Waals surface area contributed by atoms with Crippen LogP contribution in [0.5, 0.6) is 0 Å². The first-order valence-corrected chi connectivity index (χ1v) is 16.7. The van der Waals surface area contributed by atoms with Gasteiger partial charge < -0.3 is 5.11 Å². The molecule has 0 aliphatic heterocycles. The summed E-state index contributed by atoms with van der Waals surface area (Å²) < 4.78 is 24.8. The molecule has 3 fully saturated rings. The van der Waals surface area contributed by atoms with Crippen molar-refractivity contribution in [3.05, 3.63) is 11.6 Å². The zero-order valence-corrected chi connectivity index (χ0v) is 24.1. The SMILES string of the molecule is C[C@]12CCC(=O)C=C1CC(CCCCCCCCCNS(C)(=O)=O)C1C2CC[C@@]2(C)C1CC[C@]2(C)O. The number of carbonyl (C=O) groups is 1. The van der Waals surface area contributed by atoms with Gasteiger partial charge in [0.1, 0.15) is 0 Å². The molecule has 4 rings (SSSR count). The molecule has 36 heavy (non-hydrogen) atoms. The first-order chi connectivity index (χ1) is 16.9. The van der Waals surface area contributed by atoms with Crippen LogP contribution in [0.3, 0.4) is 0 Å². The van der Waals surface area contributed by atoms with Gasteiger partial charge in [0.15, 0.2) is 5.78 Å². The van der Waals surface area contributed by atoms with Gasteiger partial charge in [0.25, 0.3) is 0 Å². The Hall–Kier alpha value is -0.720. The van der Waals surface area contributed by atoms with Gasteiger partial charge in [-0.2, -0.15) is 0 Å². The Kier molecular flexibility index (Phi) is 8.49. The summed E-state index contributed by atoms with van der Waals surface area (Å²) in [5, 5.41) is 11.4. The van der Waals surface area contributed by atoms with Crippen molar-refractivity contribution in [1.29, 1.82) is 0 Å². The van der Waals surface area contributed by atoms with Crippen LogP contribution in [0.1, 0.15) is 117 Å². The fourth-order valence-electron chi connectivity index (χ4n) is 8.92. The van der Waals surface area contributed by atoms with Gasteiger partial charge in [-0.1, -0.05) is 57.9 Å². The van der Waals surface area contributed by atoms with Gasteiger partial charge in [0, 0.05) is 13.0 Å². The number of sulfonamides is 1. The maximum Gasteiger partial charge on any atom is 0.208 e. The lowest BCUT2D eigenvalue weighted by atomic mass is 9.44. The largest absolute Gasteiger partial charge is 0.390 e. The molecule has 0 aromatic rings. The van der Waals surface area contributed by atoms with Crippen LogP contribution in [0.25, 0.3) is 0 Å². The average molecular weight is 522 g/mol. The second-order valence-corrected chi connectivity index (χ2v) is 15.3. The Morgan fingerprint density at radius 2 is 1.58 bits per heavy atom. The Labute approximate surface area is 220 Å². The predicted molar refractivity (Wildman–Crippen MR) is 146 cm³/mol. The van der Waals surface area contributed by atoms with Crippen molar-refractivity contribution in [3.8, 4) is 0 Å². The fourth-order valence-corrected chi connectivity index (χ4v) is 9.43. The number of unbranched alkanes of at least 4 members (excludes halogenated alkanes) is 6. The average Bonchev–Trinajstić information content (AvgIpc) is 3.04. The maximum atomic E-state index is 12.4. The molecule has 0 saturated heterocycles. The van der Waals surface area contributed by atoms with E-state index in [2.05, 4.69) is 25.5 Å². The van der Waals surface area contributed by atoms with Crippen LogP contribution in [0.4, 0.5) is 0 Å². The fraction of sp³-hybridized carbons (Fsp3) is 0.900. The van der Waals surface area contributed by atoms with Crippen molar-refractivity contribution in [2.75, 3.05) is 12.8 Å². The van der Waals surface area contributed by atoms with E-state index in [1.54, 1.807) is 0 Å². The molecule has 4 unspecified atom stereocenters. The molecule has 0 heterocycles. The molecule has 7 atom stereocenters. The van der Waals surface area contributed by atoms with E-state index in [0.29, 0.717) is 42.4 Å². The third kappa shape index (κ3) is 5.66. The minimum Gasteiger partial charge on any atom is -0.390 e. The quantitative estimate of drug-likeness (QED) is 0.319. The van der Waals surface area contributed by atoms with Crippen molar-refractivity contribution in [2.24, 2.45) is 34.5 Å². The minimum absolute atomic E-state index is 0.0282. The van der Waals surface area contributed by atoms with Crippen LogP contribution >= 0.6 is 0 Å². The van der Waals surface area contributed by atoms with E-state index >= 15 is 0 Å². The summed E-state index contributed by atoms with van der Waals surface area (Å²) in [6.45, 7) is 7.48. The highest BCUT2D eigenvalue weighted by molar-refractivity contribution is 7.88. The molecule has 0 amide bonds. The van der Waals surface area contributed by atoms with Gasteiger partial charge in [-0.15, -0.1) is 0 Å². The third-order valence-electron chi connectivity index (χ3n) is 11.3. The zero-order chi connectivity index (χ0) is 26.2. The smallest absolute Gasteiger partial charge is 0.208 e. The van der Waals surface area contributed by atoms with Gasteiger partial charge in [-0.3, -0.25) is 4.79 Å².